The summed E-state index contributed by atoms with van der Waals surface area (Å²) in [5, 5.41) is 3.07. The second-order valence-electron chi connectivity index (χ2n) is 10.5. The summed E-state index contributed by atoms with van der Waals surface area (Å²) in [5.41, 5.74) is 3.36. The van der Waals surface area contributed by atoms with Crippen LogP contribution in [0.4, 0.5) is 5.69 Å². The molecule has 9 heteroatoms. The molecule has 0 heterocycles. The molecule has 0 spiro atoms. The molecule has 41 heavy (non-hydrogen) atoms. The van der Waals surface area contributed by atoms with Crippen molar-refractivity contribution in [1.82, 2.24) is 10.2 Å². The second-order valence-corrected chi connectivity index (χ2v) is 13.3. The van der Waals surface area contributed by atoms with E-state index in [1.165, 1.54) is 10.6 Å². The van der Waals surface area contributed by atoms with Crippen LogP contribution in [-0.2, 0) is 32.6 Å². The lowest BCUT2D eigenvalue weighted by Crippen LogP contribution is -2.52. The zero-order valence-electron chi connectivity index (χ0n) is 24.2. The Kier molecular flexibility index (Phi) is 12.0. The Morgan fingerprint density at radius 3 is 2.27 bits per heavy atom. The van der Waals surface area contributed by atoms with Crippen molar-refractivity contribution < 1.29 is 18.0 Å². The number of amides is 2. The Balaban J connectivity index is 1.89. The number of rotatable bonds is 14. The molecule has 0 radical (unpaired) electrons. The average Bonchev–Trinajstić information content (AvgIpc) is 2.92. The van der Waals surface area contributed by atoms with Gasteiger partial charge in [-0.25, -0.2) is 8.42 Å². The fourth-order valence-corrected chi connectivity index (χ4v) is 6.02. The van der Waals surface area contributed by atoms with Crippen molar-refractivity contribution >= 4 is 43.5 Å². The lowest BCUT2D eigenvalue weighted by Gasteiger charge is -2.33. The van der Waals surface area contributed by atoms with Crippen molar-refractivity contribution in [3.8, 4) is 0 Å². The first-order chi connectivity index (χ1) is 19.5. The van der Waals surface area contributed by atoms with Crippen LogP contribution in [0.3, 0.4) is 0 Å². The third kappa shape index (κ3) is 10.0. The molecule has 0 saturated heterocycles. The van der Waals surface area contributed by atoms with E-state index in [9.17, 15) is 18.0 Å². The number of hydrogen-bond acceptors (Lipinski definition) is 4. The van der Waals surface area contributed by atoms with Crippen LogP contribution in [-0.4, -0.2) is 50.0 Å². The van der Waals surface area contributed by atoms with Gasteiger partial charge in [-0.1, -0.05) is 77.5 Å². The number of aryl methyl sites for hydroxylation is 1. The lowest BCUT2D eigenvalue weighted by molar-refractivity contribution is -0.141. The molecule has 0 aliphatic rings. The third-order valence-electron chi connectivity index (χ3n) is 6.96. The summed E-state index contributed by atoms with van der Waals surface area (Å²) in [6.45, 7) is 6.26. The minimum absolute atomic E-state index is 0.0405. The minimum Gasteiger partial charge on any atom is -0.352 e. The van der Waals surface area contributed by atoms with E-state index in [0.717, 1.165) is 27.6 Å². The molecule has 0 aliphatic heterocycles. The molecule has 1 N–H and O–H groups in total. The van der Waals surface area contributed by atoms with E-state index in [4.69, 9.17) is 0 Å². The highest BCUT2D eigenvalue weighted by Gasteiger charge is 2.31. The Hall–Kier alpha value is -3.17. The summed E-state index contributed by atoms with van der Waals surface area (Å²) in [7, 11) is -3.55. The number of nitrogens with one attached hydrogen (secondary N) is 1. The van der Waals surface area contributed by atoms with E-state index in [-0.39, 0.29) is 37.4 Å². The van der Waals surface area contributed by atoms with Crippen molar-refractivity contribution in [3.05, 3.63) is 100 Å². The SMILES string of the molecule is CC[C@H](C)NC(=O)[C@H](Cc1ccccc1)N(Cc1cccc(Br)c1)C(=O)CCCN(c1cccc(C)c1)S(C)(=O)=O. The van der Waals surface area contributed by atoms with Gasteiger partial charge < -0.3 is 10.2 Å². The molecular formula is C32H40BrN3O4S. The fourth-order valence-electron chi connectivity index (χ4n) is 4.61. The highest BCUT2D eigenvalue weighted by molar-refractivity contribution is 9.10. The van der Waals surface area contributed by atoms with Crippen molar-refractivity contribution in [2.45, 2.75) is 65.1 Å². The van der Waals surface area contributed by atoms with Gasteiger partial charge in [0.15, 0.2) is 0 Å². The van der Waals surface area contributed by atoms with Gasteiger partial charge in [0.25, 0.3) is 0 Å². The summed E-state index contributed by atoms with van der Waals surface area (Å²) in [6.07, 6.45) is 2.70. The standard InChI is InChI=1S/C32H40BrN3O4S/c1-5-25(3)34-32(38)30(22-26-13-7-6-8-14-26)35(23-27-15-10-16-28(33)21-27)31(37)18-11-19-36(41(4,39)40)29-17-9-12-24(2)20-29/h6-10,12-17,20-21,25,30H,5,11,18-19,22-23H2,1-4H3,(H,34,38)/t25-,30-/m0/s1. The van der Waals surface area contributed by atoms with Gasteiger partial charge in [-0.3, -0.25) is 13.9 Å². The topological polar surface area (TPSA) is 86.8 Å². The summed E-state index contributed by atoms with van der Waals surface area (Å²) < 4.78 is 27.5. The summed E-state index contributed by atoms with van der Waals surface area (Å²) in [5.74, 6) is -0.410. The molecule has 2 atom stereocenters. The highest BCUT2D eigenvalue weighted by Crippen LogP contribution is 2.22. The van der Waals surface area contributed by atoms with Crippen LogP contribution in [0.2, 0.25) is 0 Å². The molecule has 220 valence electrons. The van der Waals surface area contributed by atoms with Crippen molar-refractivity contribution in [3.63, 3.8) is 0 Å². The molecular weight excluding hydrogens is 602 g/mol. The maximum absolute atomic E-state index is 13.9. The van der Waals surface area contributed by atoms with Crippen molar-refractivity contribution in [1.29, 1.82) is 0 Å². The number of hydrogen-bond donors (Lipinski definition) is 1. The maximum atomic E-state index is 13.9. The van der Waals surface area contributed by atoms with Crippen LogP contribution < -0.4 is 9.62 Å². The first kappa shape index (κ1) is 32.3. The maximum Gasteiger partial charge on any atom is 0.243 e. The molecule has 2 amide bonds. The zero-order valence-corrected chi connectivity index (χ0v) is 26.6. The van der Waals surface area contributed by atoms with Crippen LogP contribution in [0.5, 0.6) is 0 Å². The Morgan fingerprint density at radius 1 is 0.951 bits per heavy atom. The van der Waals surface area contributed by atoms with Gasteiger partial charge in [-0.05, 0) is 67.6 Å². The first-order valence-electron chi connectivity index (χ1n) is 13.9. The van der Waals surface area contributed by atoms with Crippen LogP contribution >= 0.6 is 15.9 Å². The van der Waals surface area contributed by atoms with Crippen LogP contribution in [0.1, 0.15) is 49.8 Å². The highest BCUT2D eigenvalue weighted by atomic mass is 79.9. The molecule has 3 rings (SSSR count). The van der Waals surface area contributed by atoms with Gasteiger partial charge in [0.05, 0.1) is 11.9 Å². The summed E-state index contributed by atoms with van der Waals surface area (Å²) in [6, 6.07) is 23.9. The molecule has 7 nitrogen and oxygen atoms in total. The normalized spacial score (nSPS) is 12.8. The third-order valence-corrected chi connectivity index (χ3v) is 8.64. The second kappa shape index (κ2) is 15.2. The van der Waals surface area contributed by atoms with Crippen molar-refractivity contribution in [2.75, 3.05) is 17.1 Å². The summed E-state index contributed by atoms with van der Waals surface area (Å²) >= 11 is 3.51. The van der Waals surface area contributed by atoms with E-state index >= 15 is 0 Å². The largest absolute Gasteiger partial charge is 0.352 e. The predicted molar refractivity (Wildman–Crippen MR) is 169 cm³/mol. The van der Waals surface area contributed by atoms with Crippen LogP contribution in [0.25, 0.3) is 0 Å². The number of sulfonamides is 1. The van der Waals surface area contributed by atoms with E-state index in [1.54, 1.807) is 11.0 Å². The minimum atomic E-state index is -3.55. The van der Waals surface area contributed by atoms with Crippen LogP contribution in [0.15, 0.2) is 83.3 Å². The fraction of sp³-hybridized carbons (Fsp3) is 0.375. The molecule has 0 aromatic heterocycles. The number of halogens is 1. The van der Waals surface area contributed by atoms with E-state index < -0.39 is 16.1 Å². The molecule has 0 bridgehead atoms. The number of benzene rings is 3. The average molecular weight is 643 g/mol. The van der Waals surface area contributed by atoms with Gasteiger partial charge in [-0.15, -0.1) is 0 Å². The number of anilines is 1. The van der Waals surface area contributed by atoms with Gasteiger partial charge in [0, 0.05) is 36.4 Å². The van der Waals surface area contributed by atoms with Gasteiger partial charge in [-0.2, -0.15) is 0 Å². The molecule has 0 aliphatic carbocycles. The van der Waals surface area contributed by atoms with E-state index in [1.807, 2.05) is 93.6 Å². The van der Waals surface area contributed by atoms with Gasteiger partial charge in [0.2, 0.25) is 21.8 Å². The molecule has 0 fully saturated rings. The van der Waals surface area contributed by atoms with Crippen LogP contribution in [0, 0.1) is 6.92 Å². The predicted octanol–water partition coefficient (Wildman–Crippen LogP) is 5.86. The van der Waals surface area contributed by atoms with Gasteiger partial charge in [0.1, 0.15) is 6.04 Å². The first-order valence-corrected chi connectivity index (χ1v) is 16.5. The molecule has 3 aromatic rings. The number of carbonyl (C=O) groups excluding carboxylic acids is 2. The Labute approximate surface area is 253 Å². The van der Waals surface area contributed by atoms with Gasteiger partial charge >= 0.3 is 0 Å². The Bertz CT molecular complexity index is 1420. The quantitative estimate of drug-likeness (QED) is 0.239. The molecule has 0 saturated carbocycles. The molecule has 3 aromatic carbocycles. The molecule has 0 unspecified atom stereocenters. The number of carbonyl (C=O) groups is 2. The zero-order chi connectivity index (χ0) is 30.0. The van der Waals surface area contributed by atoms with E-state index in [0.29, 0.717) is 18.5 Å². The Morgan fingerprint density at radius 2 is 1.63 bits per heavy atom. The van der Waals surface area contributed by atoms with E-state index in [2.05, 4.69) is 21.2 Å². The number of nitrogens with zero attached hydrogens (tertiary/aromatic N) is 2. The monoisotopic (exact) mass is 641 g/mol. The van der Waals surface area contributed by atoms with Crippen molar-refractivity contribution in [2.24, 2.45) is 0 Å². The lowest BCUT2D eigenvalue weighted by atomic mass is 10.0. The smallest absolute Gasteiger partial charge is 0.243 e. The summed E-state index contributed by atoms with van der Waals surface area (Å²) in [4.78, 5) is 29.2.